The molecule has 3 aliphatic rings. The second-order valence-electron chi connectivity index (χ2n) is 9.80. The molecule has 2 aliphatic heterocycles. The largest absolute Gasteiger partial charge is 0.328 e. The molecule has 2 fully saturated rings. The SMILES string of the molecule is Cc1ncccc1C(=O)N1CCCC1c1nc2c(c(=O)[nH]1)CN(C1CCC(C)CC1)CC2. The number of nitrogens with one attached hydrogen (secondary N) is 1. The number of hydrogen-bond acceptors (Lipinski definition) is 5. The average molecular weight is 436 g/mol. The molecule has 170 valence electrons. The Morgan fingerprint density at radius 3 is 2.75 bits per heavy atom. The van der Waals surface area contributed by atoms with E-state index in [1.165, 1.54) is 25.7 Å². The molecule has 2 aromatic rings. The number of hydrogen-bond donors (Lipinski definition) is 1. The molecule has 1 atom stereocenters. The molecule has 1 saturated heterocycles. The van der Waals surface area contributed by atoms with E-state index in [0.29, 0.717) is 30.5 Å². The molecule has 7 heteroatoms. The van der Waals surface area contributed by atoms with E-state index in [4.69, 9.17) is 4.98 Å². The van der Waals surface area contributed by atoms with E-state index >= 15 is 0 Å². The Labute approximate surface area is 189 Å². The lowest BCUT2D eigenvalue weighted by atomic mass is 9.86. The van der Waals surface area contributed by atoms with Crippen molar-refractivity contribution in [3.63, 3.8) is 0 Å². The van der Waals surface area contributed by atoms with Crippen LogP contribution in [-0.2, 0) is 13.0 Å². The van der Waals surface area contributed by atoms with E-state index in [1.807, 2.05) is 17.9 Å². The number of nitrogens with zero attached hydrogens (tertiary/aromatic N) is 4. The number of H-pyrrole nitrogens is 1. The van der Waals surface area contributed by atoms with E-state index in [9.17, 15) is 9.59 Å². The van der Waals surface area contributed by atoms with Gasteiger partial charge in [0.1, 0.15) is 5.82 Å². The Morgan fingerprint density at radius 1 is 1.16 bits per heavy atom. The molecule has 7 nitrogen and oxygen atoms in total. The van der Waals surface area contributed by atoms with Crippen molar-refractivity contribution in [2.45, 2.75) is 77.4 Å². The molecule has 0 aromatic carbocycles. The van der Waals surface area contributed by atoms with Crippen LogP contribution in [0.4, 0.5) is 0 Å². The van der Waals surface area contributed by atoms with Crippen molar-refractivity contribution in [2.75, 3.05) is 13.1 Å². The van der Waals surface area contributed by atoms with E-state index in [0.717, 1.165) is 48.7 Å². The Morgan fingerprint density at radius 2 is 1.97 bits per heavy atom. The standard InChI is InChI=1S/C25H33N5O2/c1-16-7-9-18(10-8-16)29-14-11-21-20(15-29)24(31)28-23(27-21)22-6-4-13-30(22)25(32)19-5-3-12-26-17(19)2/h3,5,12,16,18,22H,4,6-11,13-15H2,1-2H3,(H,27,28,31). The van der Waals surface area contributed by atoms with Crippen molar-refractivity contribution < 1.29 is 4.79 Å². The van der Waals surface area contributed by atoms with Crippen molar-refractivity contribution >= 4 is 5.91 Å². The topological polar surface area (TPSA) is 82.2 Å². The number of aryl methyl sites for hydroxylation is 1. The first kappa shape index (κ1) is 21.3. The summed E-state index contributed by atoms with van der Waals surface area (Å²) in [7, 11) is 0. The summed E-state index contributed by atoms with van der Waals surface area (Å²) < 4.78 is 0. The average Bonchev–Trinajstić information content (AvgIpc) is 3.29. The Hall–Kier alpha value is -2.54. The van der Waals surface area contributed by atoms with Crippen molar-refractivity contribution in [1.82, 2.24) is 24.8 Å². The van der Waals surface area contributed by atoms with Gasteiger partial charge in [-0.15, -0.1) is 0 Å². The summed E-state index contributed by atoms with van der Waals surface area (Å²) in [5, 5.41) is 0. The molecule has 0 bridgehead atoms. The number of amides is 1. The number of carbonyl (C=O) groups excluding carboxylic acids is 1. The summed E-state index contributed by atoms with van der Waals surface area (Å²) >= 11 is 0. The Balaban J connectivity index is 1.37. The number of pyridine rings is 1. The van der Waals surface area contributed by atoms with Gasteiger partial charge in [-0.1, -0.05) is 6.92 Å². The van der Waals surface area contributed by atoms with Gasteiger partial charge in [-0.3, -0.25) is 19.5 Å². The Bertz CT molecular complexity index is 1060. The summed E-state index contributed by atoms with van der Waals surface area (Å²) in [4.78, 5) is 42.9. The van der Waals surface area contributed by atoms with Crippen LogP contribution < -0.4 is 5.56 Å². The van der Waals surface area contributed by atoms with E-state index in [1.54, 1.807) is 12.3 Å². The van der Waals surface area contributed by atoms with Gasteiger partial charge < -0.3 is 9.88 Å². The second kappa shape index (κ2) is 8.77. The molecule has 1 aliphatic carbocycles. The second-order valence-corrected chi connectivity index (χ2v) is 9.80. The van der Waals surface area contributed by atoms with Crippen molar-refractivity contribution in [3.8, 4) is 0 Å². The fourth-order valence-electron chi connectivity index (χ4n) is 5.70. The zero-order valence-electron chi connectivity index (χ0n) is 19.1. The van der Waals surface area contributed by atoms with Crippen LogP contribution in [-0.4, -0.2) is 49.8 Å². The summed E-state index contributed by atoms with van der Waals surface area (Å²) in [5.41, 5.74) is 3.05. The third-order valence-electron chi connectivity index (χ3n) is 7.68. The monoisotopic (exact) mass is 435 g/mol. The van der Waals surface area contributed by atoms with Gasteiger partial charge in [0.2, 0.25) is 0 Å². The first-order valence-corrected chi connectivity index (χ1v) is 12.1. The molecular weight excluding hydrogens is 402 g/mol. The van der Waals surface area contributed by atoms with Gasteiger partial charge in [0, 0.05) is 44.0 Å². The molecule has 0 spiro atoms. The molecule has 1 N–H and O–H groups in total. The highest BCUT2D eigenvalue weighted by atomic mass is 16.2. The highest BCUT2D eigenvalue weighted by Crippen LogP contribution is 2.33. The summed E-state index contributed by atoms with van der Waals surface area (Å²) in [6.45, 7) is 6.52. The van der Waals surface area contributed by atoms with Gasteiger partial charge in [0.15, 0.2) is 0 Å². The fourth-order valence-corrected chi connectivity index (χ4v) is 5.70. The number of rotatable bonds is 3. The number of aromatic nitrogens is 3. The molecule has 1 amide bonds. The third-order valence-corrected chi connectivity index (χ3v) is 7.68. The van der Waals surface area contributed by atoms with Crippen LogP contribution in [0.5, 0.6) is 0 Å². The zero-order valence-corrected chi connectivity index (χ0v) is 19.1. The first-order valence-electron chi connectivity index (χ1n) is 12.1. The molecule has 5 rings (SSSR count). The smallest absolute Gasteiger partial charge is 0.256 e. The summed E-state index contributed by atoms with van der Waals surface area (Å²) in [5.74, 6) is 1.43. The Kier molecular flexibility index (Phi) is 5.84. The minimum Gasteiger partial charge on any atom is -0.328 e. The van der Waals surface area contributed by atoms with Gasteiger partial charge in [-0.2, -0.15) is 0 Å². The summed E-state index contributed by atoms with van der Waals surface area (Å²) in [6.07, 6.45) is 9.25. The van der Waals surface area contributed by atoms with Crippen LogP contribution in [0.3, 0.4) is 0 Å². The molecular formula is C25H33N5O2. The van der Waals surface area contributed by atoms with Crippen molar-refractivity contribution in [3.05, 3.63) is 57.0 Å². The van der Waals surface area contributed by atoms with Gasteiger partial charge in [-0.25, -0.2) is 4.98 Å². The minimum atomic E-state index is -0.182. The van der Waals surface area contributed by atoms with Gasteiger partial charge in [0.05, 0.1) is 22.9 Å². The van der Waals surface area contributed by atoms with Gasteiger partial charge in [-0.05, 0) is 63.5 Å². The quantitative estimate of drug-likeness (QED) is 0.799. The number of carbonyl (C=O) groups is 1. The molecule has 1 saturated carbocycles. The minimum absolute atomic E-state index is 0.0313. The molecule has 2 aromatic heterocycles. The predicted molar refractivity (Wildman–Crippen MR) is 122 cm³/mol. The maximum atomic E-state index is 13.2. The van der Waals surface area contributed by atoms with Crippen LogP contribution in [0, 0.1) is 12.8 Å². The lowest BCUT2D eigenvalue weighted by Gasteiger charge is -2.38. The maximum Gasteiger partial charge on any atom is 0.256 e. The highest BCUT2D eigenvalue weighted by Gasteiger charge is 2.35. The number of fused-ring (bicyclic) bond motifs is 1. The molecule has 1 unspecified atom stereocenters. The molecule has 4 heterocycles. The van der Waals surface area contributed by atoms with Crippen LogP contribution in [0.2, 0.25) is 0 Å². The van der Waals surface area contributed by atoms with E-state index < -0.39 is 0 Å². The van der Waals surface area contributed by atoms with E-state index in [2.05, 4.69) is 21.8 Å². The third kappa shape index (κ3) is 3.98. The zero-order chi connectivity index (χ0) is 22.2. The molecule has 0 radical (unpaired) electrons. The van der Waals surface area contributed by atoms with Gasteiger partial charge in [0.25, 0.3) is 11.5 Å². The van der Waals surface area contributed by atoms with Gasteiger partial charge >= 0.3 is 0 Å². The van der Waals surface area contributed by atoms with E-state index in [-0.39, 0.29) is 17.5 Å². The van der Waals surface area contributed by atoms with Crippen LogP contribution in [0.15, 0.2) is 23.1 Å². The predicted octanol–water partition coefficient (Wildman–Crippen LogP) is 3.39. The van der Waals surface area contributed by atoms with Crippen LogP contribution in [0.1, 0.15) is 84.6 Å². The maximum absolute atomic E-state index is 13.2. The van der Waals surface area contributed by atoms with Crippen molar-refractivity contribution in [2.24, 2.45) is 5.92 Å². The number of aromatic amines is 1. The van der Waals surface area contributed by atoms with Crippen molar-refractivity contribution in [1.29, 1.82) is 0 Å². The lowest BCUT2D eigenvalue weighted by molar-refractivity contribution is 0.0727. The molecule has 32 heavy (non-hydrogen) atoms. The fraction of sp³-hybridized carbons (Fsp3) is 0.600. The highest BCUT2D eigenvalue weighted by molar-refractivity contribution is 5.95. The first-order chi connectivity index (χ1) is 15.5. The van der Waals surface area contributed by atoms with Crippen LogP contribution >= 0.6 is 0 Å². The normalized spacial score (nSPS) is 26.2. The van der Waals surface area contributed by atoms with Crippen LogP contribution in [0.25, 0.3) is 0 Å². The summed E-state index contributed by atoms with van der Waals surface area (Å²) in [6, 6.07) is 4.02. The lowest BCUT2D eigenvalue weighted by Crippen LogP contribution is -2.44. The number of likely N-dealkylation sites (tertiary alicyclic amines) is 1.